The van der Waals surface area contributed by atoms with Crippen molar-refractivity contribution in [3.8, 4) is 0 Å². The number of rotatable bonds is 5. The Kier molecular flexibility index (Phi) is 4.79. The van der Waals surface area contributed by atoms with Gasteiger partial charge in [-0.1, -0.05) is 18.2 Å². The highest BCUT2D eigenvalue weighted by Crippen LogP contribution is 2.23. The highest BCUT2D eigenvalue weighted by atomic mass is 16.5. The van der Waals surface area contributed by atoms with Gasteiger partial charge in [-0.05, 0) is 19.4 Å². The minimum atomic E-state index is -0.717. The second-order valence-electron chi connectivity index (χ2n) is 3.49. The van der Waals surface area contributed by atoms with Crippen LogP contribution in [0.4, 0.5) is 5.69 Å². The maximum absolute atomic E-state index is 11.1. The summed E-state index contributed by atoms with van der Waals surface area (Å²) in [5.74, 6) is -0.295. The van der Waals surface area contributed by atoms with Crippen molar-refractivity contribution in [1.29, 1.82) is 0 Å². The summed E-state index contributed by atoms with van der Waals surface area (Å²) in [6.45, 7) is 2.12. The Morgan fingerprint density at radius 2 is 2.19 bits per heavy atom. The van der Waals surface area contributed by atoms with E-state index in [0.29, 0.717) is 24.3 Å². The lowest BCUT2D eigenvalue weighted by Gasteiger charge is -2.12. The molecule has 0 fully saturated rings. The van der Waals surface area contributed by atoms with E-state index in [2.05, 4.69) is 0 Å². The lowest BCUT2D eigenvalue weighted by Crippen LogP contribution is -2.08. The Morgan fingerprint density at radius 1 is 1.50 bits per heavy atom. The number of aliphatic hydroxyl groups excluding tert-OH is 1. The van der Waals surface area contributed by atoms with E-state index in [0.717, 1.165) is 0 Å². The zero-order valence-corrected chi connectivity index (χ0v) is 9.35. The third-order valence-electron chi connectivity index (χ3n) is 2.28. The van der Waals surface area contributed by atoms with Gasteiger partial charge < -0.3 is 15.6 Å². The molecule has 0 saturated carbocycles. The van der Waals surface area contributed by atoms with Crippen molar-refractivity contribution in [2.45, 2.75) is 25.9 Å². The monoisotopic (exact) mass is 223 g/mol. The van der Waals surface area contributed by atoms with Gasteiger partial charge in [0.2, 0.25) is 0 Å². The van der Waals surface area contributed by atoms with Gasteiger partial charge in [-0.3, -0.25) is 4.79 Å². The van der Waals surface area contributed by atoms with Gasteiger partial charge in [0, 0.05) is 17.7 Å². The van der Waals surface area contributed by atoms with E-state index in [1.54, 1.807) is 31.2 Å². The van der Waals surface area contributed by atoms with E-state index in [1.165, 1.54) is 0 Å². The molecule has 1 aromatic carbocycles. The fourth-order valence-electron chi connectivity index (χ4n) is 1.46. The molecule has 3 N–H and O–H groups in total. The van der Waals surface area contributed by atoms with E-state index in [9.17, 15) is 9.90 Å². The van der Waals surface area contributed by atoms with Crippen LogP contribution in [-0.4, -0.2) is 17.7 Å². The first-order chi connectivity index (χ1) is 7.65. The van der Waals surface area contributed by atoms with Crippen molar-refractivity contribution in [2.75, 3.05) is 12.3 Å². The average molecular weight is 223 g/mol. The van der Waals surface area contributed by atoms with Crippen LogP contribution in [0, 0.1) is 0 Å². The second-order valence-corrected chi connectivity index (χ2v) is 3.49. The minimum Gasteiger partial charge on any atom is -0.466 e. The Bertz CT molecular complexity index is 352. The molecule has 4 nitrogen and oxygen atoms in total. The molecule has 4 heteroatoms. The molecule has 0 aliphatic rings. The molecule has 1 atom stereocenters. The third kappa shape index (κ3) is 3.55. The molecule has 0 spiro atoms. The molecule has 1 aromatic rings. The Balaban J connectivity index is 2.50. The molecule has 0 radical (unpaired) electrons. The lowest BCUT2D eigenvalue weighted by molar-refractivity contribution is -0.143. The molecule has 0 saturated heterocycles. The summed E-state index contributed by atoms with van der Waals surface area (Å²) >= 11 is 0. The van der Waals surface area contributed by atoms with Crippen LogP contribution in [0.15, 0.2) is 24.3 Å². The second kappa shape index (κ2) is 6.12. The number of esters is 1. The Hall–Kier alpha value is -1.55. The maximum Gasteiger partial charge on any atom is 0.305 e. The van der Waals surface area contributed by atoms with Gasteiger partial charge in [0.05, 0.1) is 12.7 Å². The van der Waals surface area contributed by atoms with Crippen LogP contribution < -0.4 is 5.73 Å². The van der Waals surface area contributed by atoms with E-state index >= 15 is 0 Å². The smallest absolute Gasteiger partial charge is 0.305 e. The average Bonchev–Trinajstić information content (AvgIpc) is 2.27. The molecule has 0 aromatic heterocycles. The van der Waals surface area contributed by atoms with Gasteiger partial charge in [-0.25, -0.2) is 0 Å². The summed E-state index contributed by atoms with van der Waals surface area (Å²) in [6.07, 6.45) is -0.193. The molecule has 0 aliphatic carbocycles. The molecule has 16 heavy (non-hydrogen) atoms. The van der Waals surface area contributed by atoms with Gasteiger partial charge in [-0.2, -0.15) is 0 Å². The lowest BCUT2D eigenvalue weighted by atomic mass is 10.0. The van der Waals surface area contributed by atoms with E-state index in [-0.39, 0.29) is 12.4 Å². The number of aliphatic hydroxyl groups is 1. The predicted molar refractivity (Wildman–Crippen MR) is 61.7 cm³/mol. The summed E-state index contributed by atoms with van der Waals surface area (Å²) in [5.41, 5.74) is 6.91. The van der Waals surface area contributed by atoms with Gasteiger partial charge in [-0.15, -0.1) is 0 Å². The van der Waals surface area contributed by atoms with Gasteiger partial charge in [0.1, 0.15) is 0 Å². The fraction of sp³-hybridized carbons (Fsp3) is 0.417. The molecule has 0 aliphatic heterocycles. The predicted octanol–water partition coefficient (Wildman–Crippen LogP) is 1.65. The van der Waals surface area contributed by atoms with Crippen LogP contribution in [0.25, 0.3) is 0 Å². The van der Waals surface area contributed by atoms with Crippen LogP contribution in [0.2, 0.25) is 0 Å². The Morgan fingerprint density at radius 3 is 2.81 bits per heavy atom. The quantitative estimate of drug-likeness (QED) is 0.588. The number of carbonyl (C=O) groups is 1. The number of carbonyl (C=O) groups excluding carboxylic acids is 1. The number of hydrogen-bond acceptors (Lipinski definition) is 4. The number of ether oxygens (including phenoxy) is 1. The van der Waals surface area contributed by atoms with Gasteiger partial charge in [0.15, 0.2) is 0 Å². The highest BCUT2D eigenvalue weighted by molar-refractivity contribution is 5.69. The van der Waals surface area contributed by atoms with Gasteiger partial charge in [0.25, 0.3) is 0 Å². The van der Waals surface area contributed by atoms with Crippen molar-refractivity contribution in [1.82, 2.24) is 0 Å². The number of hydrogen-bond donors (Lipinski definition) is 2. The molecular formula is C12H17NO3. The van der Waals surface area contributed by atoms with Crippen LogP contribution >= 0.6 is 0 Å². The van der Waals surface area contributed by atoms with Gasteiger partial charge >= 0.3 is 5.97 Å². The molecule has 1 rings (SSSR count). The number of nitrogens with two attached hydrogens (primary N) is 1. The third-order valence-corrected chi connectivity index (χ3v) is 2.28. The maximum atomic E-state index is 11.1. The molecular weight excluding hydrogens is 206 g/mol. The zero-order valence-electron chi connectivity index (χ0n) is 9.35. The SMILES string of the molecule is CCOC(=O)CCC(O)c1ccccc1N. The van der Waals surface area contributed by atoms with E-state index in [4.69, 9.17) is 10.5 Å². The largest absolute Gasteiger partial charge is 0.466 e. The minimum absolute atomic E-state index is 0.198. The van der Waals surface area contributed by atoms with Crippen LogP contribution in [0.5, 0.6) is 0 Å². The number of benzene rings is 1. The van der Waals surface area contributed by atoms with Crippen molar-refractivity contribution in [2.24, 2.45) is 0 Å². The number of anilines is 1. The zero-order chi connectivity index (χ0) is 12.0. The molecule has 0 amide bonds. The summed E-state index contributed by atoms with van der Waals surface area (Å²) in [7, 11) is 0. The first-order valence-electron chi connectivity index (χ1n) is 5.33. The number of para-hydroxylation sites is 1. The summed E-state index contributed by atoms with van der Waals surface area (Å²) in [4.78, 5) is 11.1. The van der Waals surface area contributed by atoms with Crippen LogP contribution in [-0.2, 0) is 9.53 Å². The van der Waals surface area contributed by atoms with E-state index < -0.39 is 6.10 Å². The Labute approximate surface area is 95.0 Å². The van der Waals surface area contributed by atoms with Crippen LogP contribution in [0.1, 0.15) is 31.4 Å². The molecule has 88 valence electrons. The summed E-state index contributed by atoms with van der Waals surface area (Å²) in [5, 5.41) is 9.83. The highest BCUT2D eigenvalue weighted by Gasteiger charge is 2.12. The standard InChI is InChI=1S/C12H17NO3/c1-2-16-12(15)8-7-11(14)9-5-3-4-6-10(9)13/h3-6,11,14H,2,7-8,13H2,1H3. The molecule has 1 unspecified atom stereocenters. The van der Waals surface area contributed by atoms with Crippen molar-refractivity contribution in [3.05, 3.63) is 29.8 Å². The van der Waals surface area contributed by atoms with Crippen molar-refractivity contribution >= 4 is 11.7 Å². The molecule has 0 bridgehead atoms. The summed E-state index contributed by atoms with van der Waals surface area (Å²) in [6, 6.07) is 7.09. The van der Waals surface area contributed by atoms with E-state index in [1.807, 2.05) is 0 Å². The number of nitrogen functional groups attached to an aromatic ring is 1. The molecule has 0 heterocycles. The first kappa shape index (κ1) is 12.5. The van der Waals surface area contributed by atoms with Crippen molar-refractivity contribution < 1.29 is 14.6 Å². The first-order valence-corrected chi connectivity index (χ1v) is 5.33. The van der Waals surface area contributed by atoms with Crippen molar-refractivity contribution in [3.63, 3.8) is 0 Å². The fourth-order valence-corrected chi connectivity index (χ4v) is 1.46. The van der Waals surface area contributed by atoms with Crippen LogP contribution in [0.3, 0.4) is 0 Å². The summed E-state index contributed by atoms with van der Waals surface area (Å²) < 4.78 is 4.78. The topological polar surface area (TPSA) is 72.5 Å². The normalized spacial score (nSPS) is 12.1.